The van der Waals surface area contributed by atoms with Gasteiger partial charge in [-0.1, -0.05) is 69.4 Å². The van der Waals surface area contributed by atoms with Crippen LogP contribution in [0.5, 0.6) is 11.5 Å². The van der Waals surface area contributed by atoms with Crippen molar-refractivity contribution in [2.24, 2.45) is 0 Å². The Kier molecular flexibility index (Phi) is 14.3. The molecule has 0 unspecified atom stereocenters. The zero-order valence-electron chi connectivity index (χ0n) is 17.9. The van der Waals surface area contributed by atoms with Gasteiger partial charge < -0.3 is 14.9 Å². The number of benzene rings is 1. The summed E-state index contributed by atoms with van der Waals surface area (Å²) in [7, 11) is 0. The van der Waals surface area contributed by atoms with Crippen LogP contribution in [0.15, 0.2) is 42.5 Å². The van der Waals surface area contributed by atoms with Crippen LogP contribution in [0.1, 0.15) is 89.5 Å². The number of carbonyl (C=O) groups is 1. The lowest BCUT2D eigenvalue weighted by atomic mass is 10.1. The Bertz CT molecular complexity index is 619. The van der Waals surface area contributed by atoms with Crippen LogP contribution < -0.4 is 0 Å². The van der Waals surface area contributed by atoms with Gasteiger partial charge in [-0.25, -0.2) is 0 Å². The molecule has 1 aromatic carbocycles. The summed E-state index contributed by atoms with van der Waals surface area (Å²) >= 11 is 0. The van der Waals surface area contributed by atoms with Crippen molar-refractivity contribution in [2.45, 2.75) is 90.6 Å². The summed E-state index contributed by atoms with van der Waals surface area (Å²) in [6.07, 6.45) is 22.2. The lowest BCUT2D eigenvalue weighted by Gasteiger charge is -2.06. The SMILES string of the molecule is CCCCC/C=C\C/C=C\CCCCCCCC(=O)OCc1ccc(O)c(O)c1. The van der Waals surface area contributed by atoms with E-state index in [1.54, 1.807) is 6.07 Å². The molecule has 0 radical (unpaired) electrons. The first-order chi connectivity index (χ1) is 14.1. The Balaban J connectivity index is 1.92. The highest BCUT2D eigenvalue weighted by molar-refractivity contribution is 5.69. The molecular weight excluding hydrogens is 364 g/mol. The van der Waals surface area contributed by atoms with E-state index in [0.717, 1.165) is 32.1 Å². The minimum Gasteiger partial charge on any atom is -0.504 e. The van der Waals surface area contributed by atoms with Gasteiger partial charge in [0.2, 0.25) is 0 Å². The second-order valence-electron chi connectivity index (χ2n) is 7.46. The normalized spacial score (nSPS) is 11.5. The van der Waals surface area contributed by atoms with Gasteiger partial charge in [-0.3, -0.25) is 4.79 Å². The number of phenols is 2. The number of hydrogen-bond donors (Lipinski definition) is 2. The standard InChI is InChI=1S/C25H38O4/c1-2-3-4-5-6-7-8-9-10-11-12-13-14-15-16-17-25(28)29-21-22-18-19-23(26)24(27)20-22/h6-7,9-10,18-20,26-27H,2-5,8,11-17,21H2,1H3/b7-6-,10-9-. The lowest BCUT2D eigenvalue weighted by Crippen LogP contribution is -2.04. The van der Waals surface area contributed by atoms with Crippen LogP contribution in [0.25, 0.3) is 0 Å². The molecular formula is C25H38O4. The summed E-state index contributed by atoms with van der Waals surface area (Å²) in [5.74, 6) is -0.597. The minimum atomic E-state index is -0.219. The molecule has 0 amide bonds. The maximum absolute atomic E-state index is 11.8. The molecule has 0 aliphatic carbocycles. The van der Waals surface area contributed by atoms with E-state index in [2.05, 4.69) is 31.2 Å². The summed E-state index contributed by atoms with van der Waals surface area (Å²) < 4.78 is 5.20. The summed E-state index contributed by atoms with van der Waals surface area (Å²) in [4.78, 5) is 11.8. The molecule has 0 aliphatic rings. The first-order valence-corrected chi connectivity index (χ1v) is 11.1. The number of unbranched alkanes of at least 4 members (excludes halogenated alkanes) is 8. The zero-order chi connectivity index (χ0) is 21.2. The quantitative estimate of drug-likeness (QED) is 0.136. The van der Waals surface area contributed by atoms with Crippen LogP contribution in [0, 0.1) is 0 Å². The fourth-order valence-electron chi connectivity index (χ4n) is 2.98. The van der Waals surface area contributed by atoms with E-state index in [-0.39, 0.29) is 24.1 Å². The topological polar surface area (TPSA) is 66.8 Å². The van der Waals surface area contributed by atoms with Gasteiger partial charge in [-0.05, 0) is 56.2 Å². The Morgan fingerprint density at radius 1 is 0.862 bits per heavy atom. The Morgan fingerprint density at radius 3 is 2.21 bits per heavy atom. The molecule has 0 fully saturated rings. The molecule has 0 saturated carbocycles. The second kappa shape index (κ2) is 16.7. The highest BCUT2D eigenvalue weighted by Crippen LogP contribution is 2.25. The van der Waals surface area contributed by atoms with E-state index < -0.39 is 0 Å². The number of ether oxygens (including phenoxy) is 1. The number of hydrogen-bond acceptors (Lipinski definition) is 4. The van der Waals surface area contributed by atoms with Crippen molar-refractivity contribution in [3.63, 3.8) is 0 Å². The van der Waals surface area contributed by atoms with Gasteiger partial charge in [-0.2, -0.15) is 0 Å². The van der Waals surface area contributed by atoms with Gasteiger partial charge in [0.25, 0.3) is 0 Å². The fraction of sp³-hybridized carbons (Fsp3) is 0.560. The zero-order valence-corrected chi connectivity index (χ0v) is 17.9. The summed E-state index contributed by atoms with van der Waals surface area (Å²) in [5.41, 5.74) is 0.661. The van der Waals surface area contributed by atoms with Crippen molar-refractivity contribution in [3.05, 3.63) is 48.1 Å². The summed E-state index contributed by atoms with van der Waals surface area (Å²) in [6, 6.07) is 4.42. The van der Waals surface area contributed by atoms with Crippen molar-refractivity contribution in [3.8, 4) is 11.5 Å². The first-order valence-electron chi connectivity index (χ1n) is 11.1. The Labute approximate surface area is 176 Å². The molecule has 0 bridgehead atoms. The maximum Gasteiger partial charge on any atom is 0.306 e. The third-order valence-corrected chi connectivity index (χ3v) is 4.77. The van der Waals surface area contributed by atoms with Crippen molar-refractivity contribution in [1.82, 2.24) is 0 Å². The van der Waals surface area contributed by atoms with Gasteiger partial charge in [0.15, 0.2) is 11.5 Å². The predicted octanol–water partition coefficient (Wildman–Crippen LogP) is 6.95. The molecule has 0 atom stereocenters. The van der Waals surface area contributed by atoms with E-state index in [4.69, 9.17) is 4.74 Å². The molecule has 1 rings (SSSR count). The first kappa shape index (κ1) is 24.8. The summed E-state index contributed by atoms with van der Waals surface area (Å²) in [6.45, 7) is 2.35. The van der Waals surface area contributed by atoms with Crippen LogP contribution in [-0.4, -0.2) is 16.2 Å². The summed E-state index contributed by atoms with van der Waals surface area (Å²) in [5, 5.41) is 18.7. The Hall–Kier alpha value is -2.23. The van der Waals surface area contributed by atoms with Gasteiger partial charge in [0, 0.05) is 6.42 Å². The van der Waals surface area contributed by atoms with E-state index in [1.165, 1.54) is 50.7 Å². The van der Waals surface area contributed by atoms with Crippen LogP contribution in [-0.2, 0) is 16.1 Å². The molecule has 1 aromatic rings. The van der Waals surface area contributed by atoms with Gasteiger partial charge in [-0.15, -0.1) is 0 Å². The molecule has 4 nitrogen and oxygen atoms in total. The molecule has 0 saturated heterocycles. The predicted molar refractivity (Wildman–Crippen MR) is 119 cm³/mol. The average Bonchev–Trinajstić information content (AvgIpc) is 2.71. The number of esters is 1. The van der Waals surface area contributed by atoms with Crippen molar-refractivity contribution >= 4 is 5.97 Å². The number of phenolic OH excluding ortho intramolecular Hbond substituents is 2. The number of carbonyl (C=O) groups excluding carboxylic acids is 1. The van der Waals surface area contributed by atoms with E-state index in [1.807, 2.05) is 0 Å². The third kappa shape index (κ3) is 13.6. The third-order valence-electron chi connectivity index (χ3n) is 4.77. The fourth-order valence-corrected chi connectivity index (χ4v) is 2.98. The smallest absolute Gasteiger partial charge is 0.306 e. The molecule has 29 heavy (non-hydrogen) atoms. The molecule has 0 spiro atoms. The van der Waals surface area contributed by atoms with Crippen molar-refractivity contribution in [1.29, 1.82) is 0 Å². The molecule has 4 heteroatoms. The molecule has 0 heterocycles. The van der Waals surface area contributed by atoms with E-state index in [0.29, 0.717) is 12.0 Å². The van der Waals surface area contributed by atoms with Crippen LogP contribution in [0.2, 0.25) is 0 Å². The average molecular weight is 403 g/mol. The van der Waals surface area contributed by atoms with Gasteiger partial charge in [0.05, 0.1) is 0 Å². The molecule has 162 valence electrons. The highest BCUT2D eigenvalue weighted by Gasteiger charge is 2.05. The van der Waals surface area contributed by atoms with Gasteiger partial charge in [0.1, 0.15) is 6.61 Å². The molecule has 0 aromatic heterocycles. The van der Waals surface area contributed by atoms with Crippen LogP contribution in [0.4, 0.5) is 0 Å². The van der Waals surface area contributed by atoms with E-state index in [9.17, 15) is 15.0 Å². The largest absolute Gasteiger partial charge is 0.504 e. The van der Waals surface area contributed by atoms with Crippen molar-refractivity contribution < 1.29 is 19.7 Å². The van der Waals surface area contributed by atoms with Crippen molar-refractivity contribution in [2.75, 3.05) is 0 Å². The maximum atomic E-state index is 11.8. The van der Waals surface area contributed by atoms with Gasteiger partial charge >= 0.3 is 5.97 Å². The number of aromatic hydroxyl groups is 2. The molecule has 2 N–H and O–H groups in total. The van der Waals surface area contributed by atoms with Crippen LogP contribution in [0.3, 0.4) is 0 Å². The minimum absolute atomic E-state index is 0.118. The van der Waals surface area contributed by atoms with Crippen LogP contribution >= 0.6 is 0 Å². The monoisotopic (exact) mass is 402 g/mol. The number of rotatable bonds is 16. The molecule has 0 aliphatic heterocycles. The van der Waals surface area contributed by atoms with E-state index >= 15 is 0 Å². The number of allylic oxidation sites excluding steroid dienone is 4. The second-order valence-corrected chi connectivity index (χ2v) is 7.46. The Morgan fingerprint density at radius 2 is 1.52 bits per heavy atom. The highest BCUT2D eigenvalue weighted by atomic mass is 16.5. The lowest BCUT2D eigenvalue weighted by molar-refractivity contribution is -0.145.